The second-order valence-corrected chi connectivity index (χ2v) is 8.37. The lowest BCUT2D eigenvalue weighted by Crippen LogP contribution is -2.47. The number of amides is 2. The van der Waals surface area contributed by atoms with Crippen molar-refractivity contribution in [2.75, 3.05) is 26.7 Å². The number of alkyl halides is 3. The molecule has 1 aromatic rings. The minimum absolute atomic E-state index is 0.0571. The summed E-state index contributed by atoms with van der Waals surface area (Å²) in [5.74, 6) is -1.02. The maximum Gasteiger partial charge on any atom is 0.389 e. The molecule has 2 bridgehead atoms. The number of fused-ring (bicyclic) bond motifs is 2. The highest BCUT2D eigenvalue weighted by molar-refractivity contribution is 5.76. The maximum atomic E-state index is 12.8. The summed E-state index contributed by atoms with van der Waals surface area (Å²) in [7, 11) is 1.44. The zero-order valence-electron chi connectivity index (χ0n) is 18.7. The number of nitrogens with zero attached hydrogens (tertiary/aromatic N) is 5. The summed E-state index contributed by atoms with van der Waals surface area (Å²) in [6, 6.07) is -0.403. The first-order valence-electron chi connectivity index (χ1n) is 10.7. The third-order valence-corrected chi connectivity index (χ3v) is 5.55. The third kappa shape index (κ3) is 8.05. The lowest BCUT2D eigenvalue weighted by Gasteiger charge is -2.35. The molecule has 0 spiro atoms. The van der Waals surface area contributed by atoms with E-state index in [1.165, 1.54) is 11.9 Å². The van der Waals surface area contributed by atoms with Crippen LogP contribution < -0.4 is 0 Å². The van der Waals surface area contributed by atoms with Gasteiger partial charge in [0.1, 0.15) is 5.69 Å². The van der Waals surface area contributed by atoms with Gasteiger partial charge in [-0.25, -0.2) is 0 Å². The van der Waals surface area contributed by atoms with Crippen LogP contribution in [0.3, 0.4) is 0 Å². The Morgan fingerprint density at radius 2 is 2.16 bits per heavy atom. The van der Waals surface area contributed by atoms with Gasteiger partial charge in [-0.05, 0) is 13.3 Å². The van der Waals surface area contributed by atoms with Crippen molar-refractivity contribution < 1.29 is 32.6 Å². The van der Waals surface area contributed by atoms with Gasteiger partial charge >= 0.3 is 6.18 Å². The Balaban J connectivity index is 2.17. The van der Waals surface area contributed by atoms with E-state index in [2.05, 4.69) is 10.3 Å². The highest BCUT2D eigenvalue weighted by Gasteiger charge is 2.31. The fraction of sp³-hybridized carbons (Fsp3) is 0.800. The lowest BCUT2D eigenvalue weighted by atomic mass is 10.0. The van der Waals surface area contributed by atoms with Crippen LogP contribution in [-0.4, -0.2) is 86.8 Å². The zero-order chi connectivity index (χ0) is 23.9. The molecule has 2 rings (SSSR count). The van der Waals surface area contributed by atoms with E-state index in [1.807, 2.05) is 6.92 Å². The van der Waals surface area contributed by atoms with Crippen LogP contribution in [0.4, 0.5) is 13.2 Å². The van der Waals surface area contributed by atoms with Gasteiger partial charge in [0, 0.05) is 45.4 Å². The fourth-order valence-electron chi connectivity index (χ4n) is 3.50. The number of aryl methyl sites for hydroxylation is 1. The molecule has 1 N–H and O–H groups in total. The van der Waals surface area contributed by atoms with Crippen LogP contribution in [0.25, 0.3) is 0 Å². The van der Waals surface area contributed by atoms with Crippen molar-refractivity contribution in [3.05, 3.63) is 11.9 Å². The van der Waals surface area contributed by atoms with Crippen LogP contribution in [0.5, 0.6) is 0 Å². The Labute approximate surface area is 185 Å². The van der Waals surface area contributed by atoms with Crippen molar-refractivity contribution in [1.82, 2.24) is 24.8 Å². The zero-order valence-corrected chi connectivity index (χ0v) is 18.7. The summed E-state index contributed by atoms with van der Waals surface area (Å²) in [5, 5.41) is 17.7. The van der Waals surface area contributed by atoms with Gasteiger partial charge in [0.2, 0.25) is 11.8 Å². The number of aliphatic hydroxyl groups is 1. The minimum atomic E-state index is -4.40. The second kappa shape index (κ2) is 11.6. The summed E-state index contributed by atoms with van der Waals surface area (Å²) in [6.45, 7) is 4.35. The quantitative estimate of drug-likeness (QED) is 0.688. The molecule has 1 aromatic heterocycles. The van der Waals surface area contributed by atoms with Crippen molar-refractivity contribution >= 4 is 11.8 Å². The van der Waals surface area contributed by atoms with E-state index in [1.54, 1.807) is 22.7 Å². The van der Waals surface area contributed by atoms with Gasteiger partial charge in [-0.1, -0.05) is 12.1 Å². The Kier molecular flexibility index (Phi) is 9.44. The van der Waals surface area contributed by atoms with Crippen molar-refractivity contribution in [2.24, 2.45) is 5.92 Å². The Bertz CT molecular complexity index is 758. The molecule has 0 aliphatic carbocycles. The van der Waals surface area contributed by atoms with E-state index in [0.29, 0.717) is 18.7 Å². The fourth-order valence-corrected chi connectivity index (χ4v) is 3.50. The molecule has 0 saturated heterocycles. The molecule has 0 radical (unpaired) electrons. The highest BCUT2D eigenvalue weighted by Crippen LogP contribution is 2.22. The first kappa shape index (κ1) is 26.0. The van der Waals surface area contributed by atoms with Gasteiger partial charge < -0.3 is 19.6 Å². The van der Waals surface area contributed by atoms with E-state index in [9.17, 15) is 27.9 Å². The Morgan fingerprint density at radius 3 is 2.81 bits per heavy atom. The predicted octanol–water partition coefficient (Wildman–Crippen LogP) is 1.60. The van der Waals surface area contributed by atoms with Gasteiger partial charge in [-0.2, -0.15) is 13.2 Å². The molecule has 0 fully saturated rings. The van der Waals surface area contributed by atoms with Crippen molar-refractivity contribution in [2.45, 2.75) is 71.0 Å². The Hall–Kier alpha value is -2.21. The molecule has 12 heteroatoms. The standard InChI is InChI=1S/C20H32F3N5O4/c1-14-9-28(15(2)12-29)19(31)5-4-8-27-10-16(24-25-27)13-32-17(14)11-26(3)18(30)6-7-20(21,22)23/h10,14-15,17,29H,4-9,11-13H2,1-3H3/t14-,15+,17-/m0/s1. The molecule has 182 valence electrons. The van der Waals surface area contributed by atoms with Crippen molar-refractivity contribution in [3.63, 3.8) is 0 Å². The van der Waals surface area contributed by atoms with E-state index in [-0.39, 0.29) is 44.5 Å². The number of carbonyl (C=O) groups excluding carboxylic acids is 2. The van der Waals surface area contributed by atoms with E-state index in [0.717, 1.165) is 0 Å². The monoisotopic (exact) mass is 463 g/mol. The number of aliphatic hydroxyl groups excluding tert-OH is 1. The average Bonchev–Trinajstić information content (AvgIpc) is 3.18. The van der Waals surface area contributed by atoms with E-state index >= 15 is 0 Å². The largest absolute Gasteiger partial charge is 0.394 e. The molecule has 1 aliphatic heterocycles. The van der Waals surface area contributed by atoms with Crippen molar-refractivity contribution in [3.8, 4) is 0 Å². The molecule has 9 nitrogen and oxygen atoms in total. The molecule has 0 saturated carbocycles. The molecule has 0 unspecified atom stereocenters. The molecular weight excluding hydrogens is 431 g/mol. The number of aromatic nitrogens is 3. The van der Waals surface area contributed by atoms with Crippen LogP contribution in [-0.2, 0) is 27.5 Å². The number of hydrogen-bond donors (Lipinski definition) is 1. The summed E-state index contributed by atoms with van der Waals surface area (Å²) in [6.07, 6.45) is -4.24. The van der Waals surface area contributed by atoms with Gasteiger partial charge in [0.05, 0.1) is 38.0 Å². The molecule has 0 aromatic carbocycles. The number of rotatable bonds is 6. The SMILES string of the molecule is C[C@H](CO)N1C[C@H](C)[C@H](CN(C)C(=O)CCC(F)(F)F)OCc2cn(nn2)CCCC1=O. The summed E-state index contributed by atoms with van der Waals surface area (Å²) in [4.78, 5) is 27.8. The number of likely N-dealkylation sites (N-methyl/N-ethyl adjacent to an activating group) is 1. The summed E-state index contributed by atoms with van der Waals surface area (Å²) < 4.78 is 45.1. The molecule has 2 amide bonds. The average molecular weight is 464 g/mol. The Morgan fingerprint density at radius 1 is 1.44 bits per heavy atom. The summed E-state index contributed by atoms with van der Waals surface area (Å²) in [5.41, 5.74) is 0.583. The number of carbonyl (C=O) groups is 2. The minimum Gasteiger partial charge on any atom is -0.394 e. The molecular formula is C20H32F3N5O4. The van der Waals surface area contributed by atoms with Crippen molar-refractivity contribution in [1.29, 1.82) is 0 Å². The first-order chi connectivity index (χ1) is 15.0. The van der Waals surface area contributed by atoms with Crippen LogP contribution in [0.1, 0.15) is 45.2 Å². The first-order valence-corrected chi connectivity index (χ1v) is 10.7. The number of ether oxygens (including phenoxy) is 1. The maximum absolute atomic E-state index is 12.8. The number of hydrogen-bond acceptors (Lipinski definition) is 6. The van der Waals surface area contributed by atoms with Gasteiger partial charge in [-0.3, -0.25) is 14.3 Å². The number of halogens is 3. The third-order valence-electron chi connectivity index (χ3n) is 5.55. The van der Waals surface area contributed by atoms with Crippen LogP contribution in [0, 0.1) is 5.92 Å². The predicted molar refractivity (Wildman–Crippen MR) is 108 cm³/mol. The smallest absolute Gasteiger partial charge is 0.389 e. The molecule has 3 atom stereocenters. The van der Waals surface area contributed by atoms with Gasteiger partial charge in [0.25, 0.3) is 0 Å². The lowest BCUT2D eigenvalue weighted by molar-refractivity contribution is -0.150. The summed E-state index contributed by atoms with van der Waals surface area (Å²) >= 11 is 0. The van der Waals surface area contributed by atoms with E-state index < -0.39 is 37.1 Å². The topological polar surface area (TPSA) is 101 Å². The van der Waals surface area contributed by atoms with Crippen LogP contribution >= 0.6 is 0 Å². The molecule has 2 heterocycles. The normalized spacial score (nSPS) is 22.0. The molecule has 32 heavy (non-hydrogen) atoms. The van der Waals surface area contributed by atoms with Gasteiger partial charge in [-0.15, -0.1) is 5.10 Å². The molecule has 1 aliphatic rings. The second-order valence-electron chi connectivity index (χ2n) is 8.37. The highest BCUT2D eigenvalue weighted by atomic mass is 19.4. The van der Waals surface area contributed by atoms with Crippen LogP contribution in [0.2, 0.25) is 0 Å². The van der Waals surface area contributed by atoms with E-state index in [4.69, 9.17) is 4.74 Å². The van der Waals surface area contributed by atoms with Crippen LogP contribution in [0.15, 0.2) is 6.20 Å². The van der Waals surface area contributed by atoms with Gasteiger partial charge in [0.15, 0.2) is 0 Å².